The quantitative estimate of drug-likeness (QED) is 0.811. The summed E-state index contributed by atoms with van der Waals surface area (Å²) in [6, 6.07) is 10.6. The third-order valence-corrected chi connectivity index (χ3v) is 3.79. The molecule has 0 amide bonds. The van der Waals surface area contributed by atoms with Crippen LogP contribution in [0.1, 0.15) is 29.5 Å². The van der Waals surface area contributed by atoms with E-state index in [0.29, 0.717) is 6.54 Å². The Hall–Kier alpha value is -1.36. The Morgan fingerprint density at radius 3 is 2.55 bits per heavy atom. The molecule has 0 aliphatic heterocycles. The molecule has 2 rings (SSSR count). The Balaban J connectivity index is 0.00000242. The minimum absolute atomic E-state index is 0. The van der Waals surface area contributed by atoms with Gasteiger partial charge in [0.1, 0.15) is 5.76 Å². The molecule has 0 saturated carbocycles. The van der Waals surface area contributed by atoms with Crippen LogP contribution in [0, 0.1) is 6.92 Å². The molecule has 2 aromatic rings. The lowest BCUT2D eigenvalue weighted by molar-refractivity contribution is 0.274. The molecule has 22 heavy (non-hydrogen) atoms. The van der Waals surface area contributed by atoms with Gasteiger partial charge in [0.2, 0.25) is 0 Å². The zero-order chi connectivity index (χ0) is 15.1. The van der Waals surface area contributed by atoms with Crippen molar-refractivity contribution in [3.63, 3.8) is 0 Å². The normalized spacial score (nSPS) is 10.7. The van der Waals surface area contributed by atoms with E-state index in [4.69, 9.17) is 10.3 Å². The van der Waals surface area contributed by atoms with Gasteiger partial charge in [-0.25, -0.2) is 0 Å². The summed E-state index contributed by atoms with van der Waals surface area (Å²) >= 11 is 0. The molecule has 0 fully saturated rings. The molecule has 0 aliphatic rings. The Kier molecular flexibility index (Phi) is 8.17. The van der Waals surface area contributed by atoms with Gasteiger partial charge in [0.05, 0.1) is 5.69 Å². The average Bonchev–Trinajstić information content (AvgIpc) is 2.86. The third kappa shape index (κ3) is 5.13. The van der Waals surface area contributed by atoms with E-state index in [2.05, 4.69) is 47.3 Å². The van der Waals surface area contributed by atoms with Gasteiger partial charge in [-0.1, -0.05) is 42.4 Å². The molecule has 0 radical (unpaired) electrons. The van der Waals surface area contributed by atoms with Crippen molar-refractivity contribution in [3.05, 3.63) is 52.9 Å². The maximum Gasteiger partial charge on any atom is 0.138 e. The van der Waals surface area contributed by atoms with E-state index in [-0.39, 0.29) is 12.4 Å². The van der Waals surface area contributed by atoms with Crippen molar-refractivity contribution < 1.29 is 4.52 Å². The first-order valence-corrected chi connectivity index (χ1v) is 7.65. The highest BCUT2D eigenvalue weighted by Crippen LogP contribution is 2.16. The molecule has 2 N–H and O–H groups in total. The van der Waals surface area contributed by atoms with E-state index < -0.39 is 0 Å². The highest BCUT2D eigenvalue weighted by atomic mass is 35.5. The number of nitrogens with two attached hydrogens (primary N) is 1. The minimum Gasteiger partial charge on any atom is -0.361 e. The van der Waals surface area contributed by atoms with Crippen molar-refractivity contribution in [1.82, 2.24) is 10.1 Å². The fourth-order valence-corrected chi connectivity index (χ4v) is 2.53. The number of aromatic nitrogens is 1. The molecule has 0 saturated heterocycles. The number of halogens is 1. The summed E-state index contributed by atoms with van der Waals surface area (Å²) in [6.07, 6.45) is 1.94. The van der Waals surface area contributed by atoms with Gasteiger partial charge in [-0.15, -0.1) is 12.4 Å². The molecule has 0 atom stereocenters. The van der Waals surface area contributed by atoms with Crippen molar-refractivity contribution >= 4 is 12.4 Å². The van der Waals surface area contributed by atoms with Gasteiger partial charge < -0.3 is 10.3 Å². The van der Waals surface area contributed by atoms with Gasteiger partial charge in [-0.2, -0.15) is 0 Å². The monoisotopic (exact) mass is 323 g/mol. The Morgan fingerprint density at radius 1 is 1.18 bits per heavy atom. The van der Waals surface area contributed by atoms with E-state index in [1.165, 1.54) is 11.1 Å². The SMILES string of the molecule is CCc1noc(C)c1CN(CCN)CCc1ccccc1.Cl. The molecule has 0 spiro atoms. The maximum absolute atomic E-state index is 5.76. The lowest BCUT2D eigenvalue weighted by Gasteiger charge is -2.21. The largest absolute Gasteiger partial charge is 0.361 e. The predicted molar refractivity (Wildman–Crippen MR) is 92.3 cm³/mol. The van der Waals surface area contributed by atoms with E-state index in [1.807, 2.05) is 6.92 Å². The predicted octanol–water partition coefficient (Wildman–Crippen LogP) is 2.97. The molecular formula is C17H26ClN3O. The van der Waals surface area contributed by atoms with Crippen LogP contribution in [-0.2, 0) is 19.4 Å². The van der Waals surface area contributed by atoms with Gasteiger partial charge in [0.15, 0.2) is 0 Å². The molecule has 1 aromatic heterocycles. The van der Waals surface area contributed by atoms with Crippen LogP contribution in [0.4, 0.5) is 0 Å². The van der Waals surface area contributed by atoms with E-state index in [1.54, 1.807) is 0 Å². The molecule has 1 aromatic carbocycles. The van der Waals surface area contributed by atoms with Gasteiger partial charge in [0, 0.05) is 31.7 Å². The lowest BCUT2D eigenvalue weighted by Crippen LogP contribution is -2.31. The Labute approximate surface area is 139 Å². The van der Waals surface area contributed by atoms with Gasteiger partial charge >= 0.3 is 0 Å². The zero-order valence-electron chi connectivity index (χ0n) is 13.4. The van der Waals surface area contributed by atoms with Crippen LogP contribution >= 0.6 is 12.4 Å². The summed E-state index contributed by atoms with van der Waals surface area (Å²) < 4.78 is 5.32. The number of nitrogens with zero attached hydrogens (tertiary/aromatic N) is 2. The number of hydrogen-bond donors (Lipinski definition) is 1. The second kappa shape index (κ2) is 9.62. The highest BCUT2D eigenvalue weighted by molar-refractivity contribution is 5.85. The van der Waals surface area contributed by atoms with Crippen molar-refractivity contribution in [3.8, 4) is 0 Å². The van der Waals surface area contributed by atoms with E-state index >= 15 is 0 Å². The number of hydrogen-bond acceptors (Lipinski definition) is 4. The molecule has 1 heterocycles. The van der Waals surface area contributed by atoms with E-state index in [0.717, 1.165) is 43.9 Å². The highest BCUT2D eigenvalue weighted by Gasteiger charge is 2.15. The van der Waals surface area contributed by atoms with Crippen molar-refractivity contribution in [2.45, 2.75) is 33.2 Å². The summed E-state index contributed by atoms with van der Waals surface area (Å²) in [5, 5.41) is 4.13. The first kappa shape index (κ1) is 18.7. The fourth-order valence-electron chi connectivity index (χ4n) is 2.53. The van der Waals surface area contributed by atoms with Crippen LogP contribution in [0.25, 0.3) is 0 Å². The maximum atomic E-state index is 5.76. The lowest BCUT2D eigenvalue weighted by atomic mass is 10.1. The summed E-state index contributed by atoms with van der Waals surface area (Å²) in [7, 11) is 0. The van der Waals surface area contributed by atoms with Crippen LogP contribution in [0.15, 0.2) is 34.9 Å². The number of rotatable bonds is 8. The minimum atomic E-state index is 0. The summed E-state index contributed by atoms with van der Waals surface area (Å²) in [4.78, 5) is 2.38. The Morgan fingerprint density at radius 2 is 1.91 bits per heavy atom. The molecule has 122 valence electrons. The summed E-state index contributed by atoms with van der Waals surface area (Å²) in [6.45, 7) is 7.51. The van der Waals surface area contributed by atoms with Crippen molar-refractivity contribution in [1.29, 1.82) is 0 Å². The zero-order valence-corrected chi connectivity index (χ0v) is 14.2. The molecular weight excluding hydrogens is 298 g/mol. The van der Waals surface area contributed by atoms with E-state index in [9.17, 15) is 0 Å². The number of aryl methyl sites for hydroxylation is 2. The van der Waals surface area contributed by atoms with Crippen LogP contribution in [0.5, 0.6) is 0 Å². The summed E-state index contributed by atoms with van der Waals surface area (Å²) in [5.41, 5.74) is 9.40. The van der Waals surface area contributed by atoms with Crippen molar-refractivity contribution in [2.75, 3.05) is 19.6 Å². The smallest absolute Gasteiger partial charge is 0.138 e. The van der Waals surface area contributed by atoms with Crippen LogP contribution in [0.2, 0.25) is 0 Å². The first-order valence-electron chi connectivity index (χ1n) is 7.65. The van der Waals surface area contributed by atoms with Crippen LogP contribution < -0.4 is 5.73 Å². The van der Waals surface area contributed by atoms with Crippen LogP contribution in [0.3, 0.4) is 0 Å². The first-order chi connectivity index (χ1) is 10.2. The average molecular weight is 324 g/mol. The molecule has 0 aliphatic carbocycles. The molecule has 4 nitrogen and oxygen atoms in total. The van der Waals surface area contributed by atoms with Crippen molar-refractivity contribution in [2.24, 2.45) is 5.73 Å². The topological polar surface area (TPSA) is 55.3 Å². The second-order valence-corrected chi connectivity index (χ2v) is 5.32. The van der Waals surface area contributed by atoms with Crippen LogP contribution in [-0.4, -0.2) is 29.7 Å². The van der Waals surface area contributed by atoms with Gasteiger partial charge in [-0.05, 0) is 25.3 Å². The second-order valence-electron chi connectivity index (χ2n) is 5.32. The van der Waals surface area contributed by atoms with Gasteiger partial charge in [0.25, 0.3) is 0 Å². The van der Waals surface area contributed by atoms with Gasteiger partial charge in [-0.3, -0.25) is 4.90 Å². The molecule has 0 bridgehead atoms. The fraction of sp³-hybridized carbons (Fsp3) is 0.471. The molecule has 0 unspecified atom stereocenters. The standard InChI is InChI=1S/C17H25N3O.ClH/c1-3-17-16(14(2)21-19-17)13-20(12-10-18)11-9-15-7-5-4-6-8-15;/h4-8H,3,9-13,18H2,1-2H3;1H. The third-order valence-electron chi connectivity index (χ3n) is 3.79. The Bertz CT molecular complexity index is 542. The summed E-state index contributed by atoms with van der Waals surface area (Å²) in [5.74, 6) is 0.925. The molecule has 5 heteroatoms. The number of benzene rings is 1.